The average Bonchev–Trinajstić information content (AvgIpc) is 3.00. The number of hydrogen-bond donors (Lipinski definition) is 1. The Morgan fingerprint density at radius 2 is 1.90 bits per heavy atom. The molecule has 9 heteroatoms. The fourth-order valence-corrected chi connectivity index (χ4v) is 4.04. The van der Waals surface area contributed by atoms with E-state index in [4.69, 9.17) is 32.2 Å². The Balaban J connectivity index is 1.81. The van der Waals surface area contributed by atoms with Crippen LogP contribution in [0.3, 0.4) is 0 Å². The number of nitrogens with zero attached hydrogens (tertiary/aromatic N) is 1. The van der Waals surface area contributed by atoms with Gasteiger partial charge in [-0.3, -0.25) is 14.5 Å². The molecular weight excluding hydrogens is 424 g/mol. The van der Waals surface area contributed by atoms with Crippen LogP contribution in [0.5, 0.6) is 17.2 Å². The lowest BCUT2D eigenvalue weighted by Crippen LogP contribution is -2.27. The van der Waals surface area contributed by atoms with Gasteiger partial charge in [0.05, 0.1) is 24.3 Å². The third kappa shape index (κ3) is 4.92. The molecule has 156 valence electrons. The van der Waals surface area contributed by atoms with E-state index in [0.29, 0.717) is 33.0 Å². The number of carbonyl (C=O) groups excluding carboxylic acids is 2. The summed E-state index contributed by atoms with van der Waals surface area (Å²) >= 11 is 6.63. The van der Waals surface area contributed by atoms with Gasteiger partial charge in [-0.15, -0.1) is 0 Å². The molecule has 7 nitrogen and oxygen atoms in total. The van der Waals surface area contributed by atoms with E-state index in [1.165, 1.54) is 23.8 Å². The lowest BCUT2D eigenvalue weighted by molar-refractivity contribution is -0.120. The first-order valence-corrected chi connectivity index (χ1v) is 10.3. The van der Waals surface area contributed by atoms with Gasteiger partial charge >= 0.3 is 0 Å². The van der Waals surface area contributed by atoms with Crippen LogP contribution in [0.4, 0.5) is 5.69 Å². The number of thiocarbonyl (C=S) groups is 1. The molecule has 3 rings (SSSR count). The van der Waals surface area contributed by atoms with Gasteiger partial charge in [-0.1, -0.05) is 30.0 Å². The number of methoxy groups -OCH3 is 1. The molecule has 0 radical (unpaired) electrons. The molecule has 1 heterocycles. The van der Waals surface area contributed by atoms with Gasteiger partial charge in [0.2, 0.25) is 0 Å². The first kappa shape index (κ1) is 21.7. The minimum absolute atomic E-state index is 0.206. The van der Waals surface area contributed by atoms with Crippen molar-refractivity contribution >= 4 is 51.9 Å². The standard InChI is InChI=1S/C21H20N2O5S2/c1-3-27-15-7-5-14(6-8-15)23-20(25)18(30-21(23)29)11-13-4-9-16(17(10-13)26-2)28-12-19(22)24/h4-11H,3,12H2,1-2H3,(H2,22,24)/b18-11-. The molecule has 0 aromatic heterocycles. The number of carbonyl (C=O) groups is 2. The molecule has 30 heavy (non-hydrogen) atoms. The molecule has 0 atom stereocenters. The van der Waals surface area contributed by atoms with Crippen molar-refractivity contribution in [3.8, 4) is 17.2 Å². The van der Waals surface area contributed by atoms with Crippen LogP contribution < -0.4 is 24.8 Å². The van der Waals surface area contributed by atoms with Crippen LogP contribution in [-0.2, 0) is 9.59 Å². The largest absolute Gasteiger partial charge is 0.494 e. The molecular formula is C21H20N2O5S2. The van der Waals surface area contributed by atoms with Crippen molar-refractivity contribution < 1.29 is 23.8 Å². The van der Waals surface area contributed by atoms with E-state index in [-0.39, 0.29) is 12.5 Å². The molecule has 0 unspecified atom stereocenters. The van der Waals surface area contributed by atoms with Crippen LogP contribution in [0.15, 0.2) is 47.4 Å². The van der Waals surface area contributed by atoms with Gasteiger partial charge in [0.15, 0.2) is 22.4 Å². The van der Waals surface area contributed by atoms with E-state index < -0.39 is 5.91 Å². The summed E-state index contributed by atoms with van der Waals surface area (Å²) in [7, 11) is 1.49. The number of rotatable bonds is 8. The highest BCUT2D eigenvalue weighted by Crippen LogP contribution is 2.37. The molecule has 1 saturated heterocycles. The van der Waals surface area contributed by atoms with Crippen molar-refractivity contribution in [3.05, 3.63) is 52.9 Å². The third-order valence-corrected chi connectivity index (χ3v) is 5.36. The zero-order chi connectivity index (χ0) is 21.7. The normalized spacial score (nSPS) is 14.9. The molecule has 0 saturated carbocycles. The van der Waals surface area contributed by atoms with E-state index in [0.717, 1.165) is 11.3 Å². The number of anilines is 1. The Labute approximate surface area is 183 Å². The minimum Gasteiger partial charge on any atom is -0.494 e. The first-order chi connectivity index (χ1) is 14.4. The molecule has 0 bridgehead atoms. The highest BCUT2D eigenvalue weighted by Gasteiger charge is 2.33. The number of hydrogen-bond acceptors (Lipinski definition) is 7. The molecule has 1 aliphatic rings. The van der Waals surface area contributed by atoms with Crippen LogP contribution in [0, 0.1) is 0 Å². The van der Waals surface area contributed by atoms with Crippen molar-refractivity contribution in [2.45, 2.75) is 6.92 Å². The SMILES string of the molecule is CCOc1ccc(N2C(=O)/C(=C/c3ccc(OCC(N)=O)c(OC)c3)SC2=S)cc1. The number of thioether (sulfide) groups is 1. The molecule has 1 aliphatic heterocycles. The van der Waals surface area contributed by atoms with Crippen LogP contribution >= 0.6 is 24.0 Å². The van der Waals surface area contributed by atoms with Gasteiger partial charge in [-0.05, 0) is 55.0 Å². The minimum atomic E-state index is -0.584. The highest BCUT2D eigenvalue weighted by atomic mass is 32.2. The fraction of sp³-hybridized carbons (Fsp3) is 0.190. The lowest BCUT2D eigenvalue weighted by atomic mass is 10.2. The van der Waals surface area contributed by atoms with Crippen molar-refractivity contribution in [1.82, 2.24) is 0 Å². The van der Waals surface area contributed by atoms with Crippen LogP contribution in [-0.4, -0.2) is 36.5 Å². The summed E-state index contributed by atoms with van der Waals surface area (Å²) < 4.78 is 16.5. The van der Waals surface area contributed by atoms with E-state index >= 15 is 0 Å². The third-order valence-electron chi connectivity index (χ3n) is 4.06. The van der Waals surface area contributed by atoms with Gasteiger partial charge in [-0.25, -0.2) is 0 Å². The van der Waals surface area contributed by atoms with Crippen molar-refractivity contribution in [2.24, 2.45) is 5.73 Å². The van der Waals surface area contributed by atoms with Gasteiger partial charge in [0.25, 0.3) is 11.8 Å². The average molecular weight is 445 g/mol. The van der Waals surface area contributed by atoms with E-state index in [9.17, 15) is 9.59 Å². The Hall–Kier alpha value is -3.04. The molecule has 2 N–H and O–H groups in total. The summed E-state index contributed by atoms with van der Waals surface area (Å²) in [5.41, 5.74) is 6.51. The second-order valence-corrected chi connectivity index (χ2v) is 7.79. The van der Waals surface area contributed by atoms with Crippen molar-refractivity contribution in [2.75, 3.05) is 25.2 Å². The molecule has 1 fully saturated rings. The predicted molar refractivity (Wildman–Crippen MR) is 121 cm³/mol. The lowest BCUT2D eigenvalue weighted by Gasteiger charge is -2.15. The van der Waals surface area contributed by atoms with E-state index in [1.54, 1.807) is 48.5 Å². The van der Waals surface area contributed by atoms with E-state index in [2.05, 4.69) is 0 Å². The highest BCUT2D eigenvalue weighted by molar-refractivity contribution is 8.27. The zero-order valence-electron chi connectivity index (χ0n) is 16.4. The zero-order valence-corrected chi connectivity index (χ0v) is 18.0. The maximum Gasteiger partial charge on any atom is 0.270 e. The van der Waals surface area contributed by atoms with Gasteiger partial charge in [0.1, 0.15) is 5.75 Å². The summed E-state index contributed by atoms with van der Waals surface area (Å²) in [6.07, 6.45) is 1.73. The Bertz CT molecular complexity index is 1000. The molecule has 0 spiro atoms. The molecule has 2 aromatic rings. The van der Waals surface area contributed by atoms with Crippen molar-refractivity contribution in [3.63, 3.8) is 0 Å². The summed E-state index contributed by atoms with van der Waals surface area (Å²) in [4.78, 5) is 25.8. The van der Waals surface area contributed by atoms with Crippen molar-refractivity contribution in [1.29, 1.82) is 0 Å². The number of nitrogens with two attached hydrogens (primary N) is 1. The number of primary amides is 1. The number of amides is 2. The second-order valence-electron chi connectivity index (χ2n) is 6.11. The van der Waals surface area contributed by atoms with Crippen LogP contribution in [0.2, 0.25) is 0 Å². The molecule has 2 amide bonds. The molecule has 0 aliphatic carbocycles. The topological polar surface area (TPSA) is 91.1 Å². The summed E-state index contributed by atoms with van der Waals surface area (Å²) in [6.45, 7) is 2.22. The quantitative estimate of drug-likeness (QED) is 0.493. The maximum atomic E-state index is 12.9. The van der Waals surface area contributed by atoms with E-state index in [1.807, 2.05) is 6.92 Å². The van der Waals surface area contributed by atoms with Gasteiger partial charge < -0.3 is 19.9 Å². The summed E-state index contributed by atoms with van der Waals surface area (Å²) in [6, 6.07) is 12.3. The fourth-order valence-electron chi connectivity index (χ4n) is 2.74. The predicted octanol–water partition coefficient (Wildman–Crippen LogP) is 3.36. The smallest absolute Gasteiger partial charge is 0.270 e. The summed E-state index contributed by atoms with van der Waals surface area (Å²) in [5, 5.41) is 0. The van der Waals surface area contributed by atoms with Crippen LogP contribution in [0.1, 0.15) is 12.5 Å². The van der Waals surface area contributed by atoms with Gasteiger partial charge in [0, 0.05) is 0 Å². The Kier molecular flexibility index (Phi) is 6.96. The second kappa shape index (κ2) is 9.64. The summed E-state index contributed by atoms with van der Waals surface area (Å²) in [5.74, 6) is 0.747. The number of benzene rings is 2. The first-order valence-electron chi connectivity index (χ1n) is 9.03. The van der Waals surface area contributed by atoms with Gasteiger partial charge in [-0.2, -0.15) is 0 Å². The maximum absolute atomic E-state index is 12.9. The monoisotopic (exact) mass is 444 g/mol. The molecule has 2 aromatic carbocycles. The van der Waals surface area contributed by atoms with Crippen LogP contribution in [0.25, 0.3) is 6.08 Å². The Morgan fingerprint density at radius 1 is 1.17 bits per heavy atom. The number of ether oxygens (including phenoxy) is 3. The Morgan fingerprint density at radius 3 is 2.53 bits per heavy atom.